The first-order chi connectivity index (χ1) is 9.97. The number of hydrogen-bond donors (Lipinski definition) is 1. The summed E-state index contributed by atoms with van der Waals surface area (Å²) in [7, 11) is -3.17. The minimum absolute atomic E-state index is 0.306. The highest BCUT2D eigenvalue weighted by molar-refractivity contribution is 7.90. The maximum Gasteiger partial charge on any atom is 0.175 e. The molecular weight excluding hydrogens is 286 g/mol. The zero-order valence-corrected chi connectivity index (χ0v) is 12.3. The van der Waals surface area contributed by atoms with Gasteiger partial charge in [0.15, 0.2) is 9.84 Å². The fourth-order valence-electron chi connectivity index (χ4n) is 2.17. The highest BCUT2D eigenvalue weighted by Crippen LogP contribution is 2.21. The van der Waals surface area contributed by atoms with Gasteiger partial charge in [0.2, 0.25) is 0 Å². The summed E-state index contributed by atoms with van der Waals surface area (Å²) < 4.78 is 24.8. The summed E-state index contributed by atoms with van der Waals surface area (Å²) in [5.74, 6) is 0. The summed E-state index contributed by atoms with van der Waals surface area (Å²) in [6.07, 6.45) is 5.04. The van der Waals surface area contributed by atoms with Gasteiger partial charge in [-0.2, -0.15) is 0 Å². The molecule has 108 valence electrons. The molecule has 3 rings (SSSR count). The van der Waals surface area contributed by atoms with Crippen LogP contribution in [-0.4, -0.2) is 24.1 Å². The van der Waals surface area contributed by atoms with Crippen molar-refractivity contribution in [3.05, 3.63) is 54.4 Å². The summed E-state index contributed by atoms with van der Waals surface area (Å²) in [6.45, 7) is 0.479. The molecule has 0 amide bonds. The predicted molar refractivity (Wildman–Crippen MR) is 81.6 cm³/mol. The largest absolute Gasteiger partial charge is 0.326 e. The second-order valence-electron chi connectivity index (χ2n) is 4.93. The Hall–Kier alpha value is -2.18. The number of rotatable bonds is 3. The minimum atomic E-state index is -3.17. The van der Waals surface area contributed by atoms with Gasteiger partial charge in [0.25, 0.3) is 0 Å². The van der Waals surface area contributed by atoms with Gasteiger partial charge in [-0.05, 0) is 23.8 Å². The van der Waals surface area contributed by atoms with Crippen molar-refractivity contribution in [2.24, 2.45) is 5.73 Å². The molecule has 1 aromatic carbocycles. The topological polar surface area (TPSA) is 77.5 Å². The van der Waals surface area contributed by atoms with Gasteiger partial charge in [-0.25, -0.2) is 13.4 Å². The van der Waals surface area contributed by atoms with Crippen molar-refractivity contribution in [3.63, 3.8) is 0 Å². The number of nitrogens with zero attached hydrogens (tertiary/aromatic N) is 2. The van der Waals surface area contributed by atoms with E-state index in [2.05, 4.69) is 4.98 Å². The van der Waals surface area contributed by atoms with Crippen molar-refractivity contribution in [1.29, 1.82) is 0 Å². The van der Waals surface area contributed by atoms with E-state index < -0.39 is 9.84 Å². The maximum atomic E-state index is 11.5. The molecule has 0 atom stereocenters. The third-order valence-electron chi connectivity index (χ3n) is 3.33. The lowest BCUT2D eigenvalue weighted by Crippen LogP contribution is -1.97. The number of pyridine rings is 1. The second kappa shape index (κ2) is 4.98. The van der Waals surface area contributed by atoms with E-state index in [4.69, 9.17) is 5.73 Å². The third kappa shape index (κ3) is 2.68. The lowest BCUT2D eigenvalue weighted by molar-refractivity contribution is 0.602. The van der Waals surface area contributed by atoms with Gasteiger partial charge in [0.05, 0.1) is 10.6 Å². The molecule has 0 saturated carbocycles. The van der Waals surface area contributed by atoms with E-state index >= 15 is 0 Å². The van der Waals surface area contributed by atoms with Crippen molar-refractivity contribution in [2.45, 2.75) is 11.4 Å². The molecule has 0 saturated heterocycles. The average molecular weight is 301 g/mol. The average Bonchev–Trinajstić information content (AvgIpc) is 2.89. The maximum absolute atomic E-state index is 11.5. The molecule has 0 aliphatic carbocycles. The smallest absolute Gasteiger partial charge is 0.175 e. The van der Waals surface area contributed by atoms with E-state index in [0.29, 0.717) is 11.4 Å². The number of fused-ring (bicyclic) bond motifs is 1. The van der Waals surface area contributed by atoms with Crippen LogP contribution in [-0.2, 0) is 16.4 Å². The van der Waals surface area contributed by atoms with E-state index in [1.165, 1.54) is 6.26 Å². The van der Waals surface area contributed by atoms with E-state index in [-0.39, 0.29) is 0 Å². The lowest BCUT2D eigenvalue weighted by Gasteiger charge is -1.99. The molecule has 2 heterocycles. The van der Waals surface area contributed by atoms with E-state index in [1.54, 1.807) is 24.3 Å². The molecule has 0 radical (unpaired) electrons. The first-order valence-electron chi connectivity index (χ1n) is 6.45. The molecule has 6 heteroatoms. The van der Waals surface area contributed by atoms with Crippen molar-refractivity contribution < 1.29 is 8.42 Å². The molecule has 2 aromatic heterocycles. The Bertz CT molecular complexity index is 896. The Morgan fingerprint density at radius 1 is 1.10 bits per heavy atom. The number of nitrogens with two attached hydrogens (primary N) is 1. The Morgan fingerprint density at radius 2 is 1.81 bits per heavy atom. The zero-order chi connectivity index (χ0) is 15.0. The summed E-state index contributed by atoms with van der Waals surface area (Å²) in [4.78, 5) is 4.83. The molecule has 0 fully saturated rings. The first kappa shape index (κ1) is 13.8. The Morgan fingerprint density at radius 3 is 2.43 bits per heavy atom. The van der Waals surface area contributed by atoms with Gasteiger partial charge in [0.1, 0.15) is 5.65 Å². The number of aromatic nitrogens is 2. The van der Waals surface area contributed by atoms with Crippen LogP contribution in [0.3, 0.4) is 0 Å². The van der Waals surface area contributed by atoms with E-state index in [0.717, 1.165) is 22.5 Å². The SMILES string of the molecule is CS(=O)(=O)c1ccc(-c2cn3cc(CN)ccc3n2)cc1. The molecule has 2 N–H and O–H groups in total. The van der Waals surface area contributed by atoms with E-state index in [1.807, 2.05) is 28.9 Å². The van der Waals surface area contributed by atoms with Gasteiger partial charge >= 0.3 is 0 Å². The highest BCUT2D eigenvalue weighted by Gasteiger charge is 2.09. The lowest BCUT2D eigenvalue weighted by atomic mass is 10.2. The van der Waals surface area contributed by atoms with Gasteiger partial charge in [-0.3, -0.25) is 0 Å². The number of sulfone groups is 1. The van der Waals surface area contributed by atoms with Crippen molar-refractivity contribution in [2.75, 3.05) is 6.26 Å². The van der Waals surface area contributed by atoms with Crippen LogP contribution in [0.5, 0.6) is 0 Å². The van der Waals surface area contributed by atoms with Crippen LogP contribution in [0, 0.1) is 0 Å². The molecule has 0 bridgehead atoms. The van der Waals surface area contributed by atoms with Crippen LogP contribution in [0.25, 0.3) is 16.9 Å². The minimum Gasteiger partial charge on any atom is -0.326 e. The van der Waals surface area contributed by atoms with E-state index in [9.17, 15) is 8.42 Å². The highest BCUT2D eigenvalue weighted by atomic mass is 32.2. The van der Waals surface area contributed by atoms with Crippen molar-refractivity contribution >= 4 is 15.5 Å². The molecule has 21 heavy (non-hydrogen) atoms. The zero-order valence-electron chi connectivity index (χ0n) is 11.5. The monoisotopic (exact) mass is 301 g/mol. The Labute approximate surface area is 123 Å². The van der Waals surface area contributed by atoms with Crippen LogP contribution in [0.4, 0.5) is 0 Å². The van der Waals surface area contributed by atoms with Gasteiger partial charge < -0.3 is 10.1 Å². The van der Waals surface area contributed by atoms with Gasteiger partial charge in [-0.15, -0.1) is 0 Å². The first-order valence-corrected chi connectivity index (χ1v) is 8.35. The molecule has 0 unspecified atom stereocenters. The molecular formula is C15H15N3O2S. The van der Waals surface area contributed by atoms with Crippen LogP contribution in [0.15, 0.2) is 53.7 Å². The Kier molecular flexibility index (Phi) is 3.27. The van der Waals surface area contributed by atoms with Crippen LogP contribution in [0.1, 0.15) is 5.56 Å². The number of imidazole rings is 1. The fraction of sp³-hybridized carbons (Fsp3) is 0.133. The van der Waals surface area contributed by atoms with Crippen LogP contribution >= 0.6 is 0 Å². The predicted octanol–water partition coefficient (Wildman–Crippen LogP) is 1.86. The number of hydrogen-bond acceptors (Lipinski definition) is 4. The number of benzene rings is 1. The van der Waals surface area contributed by atoms with Crippen molar-refractivity contribution in [1.82, 2.24) is 9.38 Å². The molecule has 3 aromatic rings. The molecule has 0 aliphatic rings. The van der Waals surface area contributed by atoms with Gasteiger partial charge in [0, 0.05) is 30.8 Å². The molecule has 0 aliphatic heterocycles. The van der Waals surface area contributed by atoms with Crippen molar-refractivity contribution in [3.8, 4) is 11.3 Å². The standard InChI is InChI=1S/C15H15N3O2S/c1-21(19,20)13-5-3-12(4-6-13)14-10-18-9-11(8-16)2-7-15(18)17-14/h2-7,9-10H,8,16H2,1H3. The summed E-state index contributed by atoms with van der Waals surface area (Å²) in [5, 5.41) is 0. The van der Waals surface area contributed by atoms with Crippen LogP contribution < -0.4 is 5.73 Å². The Balaban J connectivity index is 2.04. The summed E-state index contributed by atoms with van der Waals surface area (Å²) in [6, 6.07) is 10.6. The summed E-state index contributed by atoms with van der Waals surface area (Å²) >= 11 is 0. The third-order valence-corrected chi connectivity index (χ3v) is 4.45. The molecule has 0 spiro atoms. The fourth-order valence-corrected chi connectivity index (χ4v) is 2.80. The summed E-state index contributed by atoms with van der Waals surface area (Å²) in [5.41, 5.74) is 9.15. The second-order valence-corrected chi connectivity index (χ2v) is 6.95. The quantitative estimate of drug-likeness (QED) is 0.801. The normalized spacial score (nSPS) is 11.9. The van der Waals surface area contributed by atoms with Crippen LogP contribution in [0.2, 0.25) is 0 Å². The van der Waals surface area contributed by atoms with Gasteiger partial charge in [-0.1, -0.05) is 18.2 Å². The molecule has 5 nitrogen and oxygen atoms in total.